The predicted molar refractivity (Wildman–Crippen MR) is 117 cm³/mol. The molecule has 1 unspecified atom stereocenters. The lowest BCUT2D eigenvalue weighted by atomic mass is 10.1. The molecule has 0 spiro atoms. The number of hydrogen-bond donors (Lipinski definition) is 1. The van der Waals surface area contributed by atoms with Crippen LogP contribution in [-0.4, -0.2) is 41.9 Å². The van der Waals surface area contributed by atoms with Crippen LogP contribution in [0.1, 0.15) is 39.9 Å². The molecule has 2 amide bonds. The van der Waals surface area contributed by atoms with Crippen molar-refractivity contribution < 1.29 is 31.9 Å². The fourth-order valence-corrected chi connectivity index (χ4v) is 3.65. The zero-order valence-electron chi connectivity index (χ0n) is 17.3. The number of alkyl halides is 3. The van der Waals surface area contributed by atoms with Gasteiger partial charge in [-0.15, -0.1) is 0 Å². The number of fused-ring (bicyclic) bond motifs is 1. The van der Waals surface area contributed by atoms with Crippen LogP contribution in [0.5, 0.6) is 0 Å². The lowest BCUT2D eigenvalue weighted by Gasteiger charge is -2.33. The smallest absolute Gasteiger partial charge is 0.382 e. The molecule has 2 heterocycles. The molecule has 2 aromatic carbocycles. The number of aromatic nitrogens is 2. The van der Waals surface area contributed by atoms with Crippen molar-refractivity contribution in [1.82, 2.24) is 9.78 Å². The molecule has 1 N–H and O–H groups in total. The fourth-order valence-electron chi connectivity index (χ4n) is 3.65. The van der Waals surface area contributed by atoms with Gasteiger partial charge in [0.2, 0.25) is 0 Å². The number of halogens is 4. The molecule has 1 atom stereocenters. The molecule has 1 aliphatic rings. The van der Waals surface area contributed by atoms with Gasteiger partial charge in [-0.25, -0.2) is 4.39 Å². The van der Waals surface area contributed by atoms with Gasteiger partial charge in [0.15, 0.2) is 5.69 Å². The number of rotatable bonds is 5. The summed E-state index contributed by atoms with van der Waals surface area (Å²) in [6.07, 6.45) is -3.24. The van der Waals surface area contributed by atoms with Crippen LogP contribution < -0.4 is 10.2 Å². The second kappa shape index (κ2) is 9.64. The highest BCUT2D eigenvalue weighted by atomic mass is 19.4. The summed E-state index contributed by atoms with van der Waals surface area (Å²) < 4.78 is 59.4. The number of anilines is 2. The quantitative estimate of drug-likeness (QED) is 0.536. The van der Waals surface area contributed by atoms with Gasteiger partial charge in [-0.05, 0) is 36.4 Å². The maximum atomic E-state index is 14.0. The monoisotopic (exact) mass is 478 g/mol. The van der Waals surface area contributed by atoms with Crippen molar-refractivity contribution in [1.29, 1.82) is 0 Å². The Morgan fingerprint density at radius 3 is 2.47 bits per heavy atom. The third-order valence-corrected chi connectivity index (χ3v) is 5.21. The maximum absolute atomic E-state index is 14.0. The molecular formula is C23H22F4N4O3. The molecule has 0 saturated carbocycles. The van der Waals surface area contributed by atoms with Gasteiger partial charge in [-0.2, -0.15) is 18.3 Å². The van der Waals surface area contributed by atoms with E-state index >= 15 is 0 Å². The van der Waals surface area contributed by atoms with Crippen molar-refractivity contribution >= 4 is 23.2 Å². The van der Waals surface area contributed by atoms with Crippen molar-refractivity contribution in [3.05, 3.63) is 77.4 Å². The van der Waals surface area contributed by atoms with Gasteiger partial charge in [0.1, 0.15) is 5.82 Å². The van der Waals surface area contributed by atoms with Gasteiger partial charge in [0, 0.05) is 12.8 Å². The first-order chi connectivity index (χ1) is 15.7. The Kier molecular flexibility index (Phi) is 7.06. The minimum Gasteiger partial charge on any atom is -0.382 e. The van der Waals surface area contributed by atoms with Crippen LogP contribution >= 0.6 is 0 Å². The Morgan fingerprint density at radius 1 is 1.18 bits per heavy atom. The van der Waals surface area contributed by atoms with Gasteiger partial charge in [-0.3, -0.25) is 14.3 Å². The number of carbonyl (C=O) groups excluding carboxylic acids is 2. The van der Waals surface area contributed by atoms with Crippen LogP contribution in [0.2, 0.25) is 0 Å². The van der Waals surface area contributed by atoms with E-state index in [0.29, 0.717) is 0 Å². The summed E-state index contributed by atoms with van der Waals surface area (Å²) in [7, 11) is 1.46. The average molecular weight is 478 g/mol. The van der Waals surface area contributed by atoms with E-state index in [1.165, 1.54) is 53.2 Å². The first-order valence-corrected chi connectivity index (χ1v) is 9.82. The van der Waals surface area contributed by atoms with Gasteiger partial charge < -0.3 is 15.0 Å². The van der Waals surface area contributed by atoms with E-state index in [0.717, 1.165) is 18.2 Å². The van der Waals surface area contributed by atoms with Crippen LogP contribution in [-0.2, 0) is 10.9 Å². The van der Waals surface area contributed by atoms with E-state index in [1.54, 1.807) is 0 Å². The Bertz CT molecular complexity index is 1190. The molecule has 1 aromatic heterocycles. The largest absolute Gasteiger partial charge is 0.416 e. The van der Waals surface area contributed by atoms with Gasteiger partial charge in [-0.1, -0.05) is 19.6 Å². The van der Waals surface area contributed by atoms with Gasteiger partial charge in [0.05, 0.1) is 42.2 Å². The molecule has 7 nitrogen and oxygen atoms in total. The lowest BCUT2D eigenvalue weighted by Crippen LogP contribution is -2.45. The number of nitrogens with one attached hydrogen (secondary N) is 1. The summed E-state index contributed by atoms with van der Waals surface area (Å²) in [5.74, 6) is -2.08. The summed E-state index contributed by atoms with van der Waals surface area (Å²) in [4.78, 5) is 27.2. The lowest BCUT2D eigenvalue weighted by molar-refractivity contribution is -0.137. The van der Waals surface area contributed by atoms with Gasteiger partial charge in [0.25, 0.3) is 11.8 Å². The van der Waals surface area contributed by atoms with E-state index in [9.17, 15) is 27.2 Å². The first-order valence-electron chi connectivity index (χ1n) is 9.82. The van der Waals surface area contributed by atoms with Crippen molar-refractivity contribution in [3.8, 4) is 0 Å². The van der Waals surface area contributed by atoms with E-state index in [-0.39, 0.29) is 43.2 Å². The van der Waals surface area contributed by atoms with Crippen LogP contribution in [0.3, 0.4) is 0 Å². The molecule has 0 aliphatic carbocycles. The highest BCUT2D eigenvalue weighted by Gasteiger charge is 2.37. The summed E-state index contributed by atoms with van der Waals surface area (Å²) >= 11 is 0. The second-order valence-electron chi connectivity index (χ2n) is 7.35. The number of ether oxygens (including phenoxy) is 1. The van der Waals surface area contributed by atoms with Crippen LogP contribution in [0, 0.1) is 5.82 Å². The molecule has 3 aromatic rings. The van der Waals surface area contributed by atoms with Crippen LogP contribution in [0.4, 0.5) is 28.9 Å². The van der Waals surface area contributed by atoms with Crippen LogP contribution in [0.25, 0.3) is 0 Å². The highest BCUT2D eigenvalue weighted by molar-refractivity contribution is 6.13. The molecule has 180 valence electrons. The molecule has 34 heavy (non-hydrogen) atoms. The van der Waals surface area contributed by atoms with Crippen molar-refractivity contribution in [2.75, 3.05) is 30.5 Å². The Balaban J connectivity index is 0.00000324. The summed E-state index contributed by atoms with van der Waals surface area (Å²) in [6.45, 7) is 0.243. The predicted octanol–water partition coefficient (Wildman–Crippen LogP) is 4.78. The number of hydrogen-bond acceptors (Lipinski definition) is 4. The topological polar surface area (TPSA) is 76.5 Å². The summed E-state index contributed by atoms with van der Waals surface area (Å²) in [5, 5.41) is 6.68. The third kappa shape index (κ3) is 4.65. The Morgan fingerprint density at radius 2 is 1.85 bits per heavy atom. The molecular weight excluding hydrogens is 456 g/mol. The van der Waals surface area contributed by atoms with E-state index in [2.05, 4.69) is 10.4 Å². The third-order valence-electron chi connectivity index (χ3n) is 5.21. The molecule has 0 bridgehead atoms. The maximum Gasteiger partial charge on any atom is 0.416 e. The molecule has 0 fully saturated rings. The highest BCUT2D eigenvalue weighted by Crippen LogP contribution is 2.34. The Labute approximate surface area is 192 Å². The zero-order valence-corrected chi connectivity index (χ0v) is 17.3. The van der Waals surface area contributed by atoms with Crippen molar-refractivity contribution in [2.24, 2.45) is 0 Å². The van der Waals surface area contributed by atoms with Crippen molar-refractivity contribution in [3.63, 3.8) is 0 Å². The first kappa shape index (κ1) is 24.9. The number of benzene rings is 2. The molecule has 4 rings (SSSR count). The second-order valence-corrected chi connectivity index (χ2v) is 7.35. The zero-order chi connectivity index (χ0) is 23.8. The van der Waals surface area contributed by atoms with E-state index in [4.69, 9.17) is 4.74 Å². The number of nitrogens with zero attached hydrogens (tertiary/aromatic N) is 3. The molecule has 1 aliphatic heterocycles. The van der Waals surface area contributed by atoms with Gasteiger partial charge >= 0.3 is 6.18 Å². The minimum atomic E-state index is -4.51. The van der Waals surface area contributed by atoms with Crippen LogP contribution in [0.15, 0.2) is 54.7 Å². The normalized spacial score (nSPS) is 15.5. The molecule has 0 saturated heterocycles. The van der Waals surface area contributed by atoms with E-state index < -0.39 is 35.4 Å². The van der Waals surface area contributed by atoms with E-state index in [1.807, 2.05) is 0 Å². The summed E-state index contributed by atoms with van der Waals surface area (Å²) in [6, 6.07) is 9.08. The fraction of sp³-hybridized carbons (Fsp3) is 0.261. The van der Waals surface area contributed by atoms with Crippen molar-refractivity contribution in [2.45, 2.75) is 19.6 Å². The molecule has 0 radical (unpaired) electrons. The average Bonchev–Trinajstić information content (AvgIpc) is 3.20. The Hall–Kier alpha value is -3.73. The SMILES string of the molecule is C.COCC1CN(c2ccc(C(F)(F)F)cc2)C(=O)c2c(NC(=O)c3ccccc3F)cnn21. The minimum absolute atomic E-state index is 0. The standard InChI is InChI=1S/C22H18F4N4O3.CH4/c1-33-12-15-11-29(14-8-6-13(7-9-14)22(24,25)26)21(32)19-18(10-27-30(15)19)28-20(31)16-4-2-3-5-17(16)23;/h2-10,15H,11-12H2,1H3,(H,28,31);1H4. The summed E-state index contributed by atoms with van der Waals surface area (Å²) in [5.41, 5.74) is -0.757. The number of carbonyl (C=O) groups is 2. The number of methoxy groups -OCH3 is 1. The number of amides is 2. The molecule has 11 heteroatoms.